The topological polar surface area (TPSA) is 15.3 Å². The van der Waals surface area contributed by atoms with E-state index in [9.17, 15) is 0 Å². The number of hydrogen-bond donors (Lipinski definition) is 1. The smallest absolute Gasteiger partial charge is 0.00257 e. The minimum atomic E-state index is 0.975. The van der Waals surface area contributed by atoms with Crippen LogP contribution in [0, 0.1) is 23.7 Å². The second-order valence-electron chi connectivity index (χ2n) is 6.52. The molecule has 2 saturated heterocycles. The molecule has 0 unspecified atom stereocenters. The molecule has 1 saturated carbocycles. The number of fused-ring (bicyclic) bond motifs is 1. The Balaban J connectivity index is 1.46. The first-order chi connectivity index (χ1) is 7.81. The van der Waals surface area contributed by atoms with Gasteiger partial charge in [0.15, 0.2) is 0 Å². The van der Waals surface area contributed by atoms with Gasteiger partial charge in [0.05, 0.1) is 0 Å². The molecule has 0 aromatic rings. The zero-order valence-corrected chi connectivity index (χ0v) is 10.6. The number of rotatable bonds is 2. The van der Waals surface area contributed by atoms with Crippen molar-refractivity contribution < 1.29 is 0 Å². The molecular formula is C14H26N2. The van der Waals surface area contributed by atoms with E-state index in [-0.39, 0.29) is 0 Å². The fourth-order valence-corrected chi connectivity index (χ4v) is 3.98. The van der Waals surface area contributed by atoms with Crippen LogP contribution in [-0.2, 0) is 0 Å². The van der Waals surface area contributed by atoms with Crippen molar-refractivity contribution >= 4 is 0 Å². The summed E-state index contributed by atoms with van der Waals surface area (Å²) in [5.74, 6) is 3.96. The molecule has 16 heavy (non-hydrogen) atoms. The Kier molecular flexibility index (Phi) is 3.21. The maximum Gasteiger partial charge on any atom is 0.00257 e. The van der Waals surface area contributed by atoms with Gasteiger partial charge in [0, 0.05) is 19.6 Å². The molecule has 2 atom stereocenters. The Morgan fingerprint density at radius 2 is 1.62 bits per heavy atom. The maximum absolute atomic E-state index is 3.53. The van der Waals surface area contributed by atoms with Gasteiger partial charge in [-0.15, -0.1) is 0 Å². The zero-order chi connectivity index (χ0) is 11.0. The van der Waals surface area contributed by atoms with Crippen molar-refractivity contribution in [2.24, 2.45) is 23.7 Å². The molecule has 3 fully saturated rings. The Labute approximate surface area is 99.8 Å². The van der Waals surface area contributed by atoms with Crippen LogP contribution < -0.4 is 5.32 Å². The molecule has 0 spiro atoms. The average Bonchev–Trinajstić information content (AvgIpc) is 2.81. The number of hydrogen-bond acceptors (Lipinski definition) is 2. The third kappa shape index (κ3) is 2.28. The van der Waals surface area contributed by atoms with Crippen molar-refractivity contribution in [3.63, 3.8) is 0 Å². The van der Waals surface area contributed by atoms with Crippen molar-refractivity contribution in [3.8, 4) is 0 Å². The van der Waals surface area contributed by atoms with E-state index in [0.29, 0.717) is 0 Å². The fraction of sp³-hybridized carbons (Fsp3) is 1.00. The molecule has 0 amide bonds. The van der Waals surface area contributed by atoms with E-state index in [1.807, 2.05) is 0 Å². The normalized spacial score (nSPS) is 44.8. The van der Waals surface area contributed by atoms with Crippen LogP contribution in [0.1, 0.15) is 32.6 Å². The first kappa shape index (κ1) is 11.0. The van der Waals surface area contributed by atoms with Gasteiger partial charge in [-0.3, -0.25) is 0 Å². The van der Waals surface area contributed by atoms with Gasteiger partial charge in [-0.05, 0) is 49.6 Å². The van der Waals surface area contributed by atoms with E-state index in [0.717, 1.165) is 23.7 Å². The monoisotopic (exact) mass is 222 g/mol. The fourth-order valence-electron chi connectivity index (χ4n) is 3.98. The number of nitrogens with one attached hydrogen (secondary N) is 1. The summed E-state index contributed by atoms with van der Waals surface area (Å²) < 4.78 is 0. The second-order valence-corrected chi connectivity index (χ2v) is 6.52. The van der Waals surface area contributed by atoms with Crippen molar-refractivity contribution in [2.75, 3.05) is 32.7 Å². The van der Waals surface area contributed by atoms with Gasteiger partial charge in [-0.2, -0.15) is 0 Å². The van der Waals surface area contributed by atoms with Crippen LogP contribution in [0.25, 0.3) is 0 Å². The standard InChI is InChI=1S/C14H26N2/c1-11-2-4-12(5-3-11)8-16-9-13-6-15-7-14(13)10-16/h11-15H,2-10H2,1H3/t11?,12?,13-,14+. The van der Waals surface area contributed by atoms with Crippen molar-refractivity contribution in [1.29, 1.82) is 0 Å². The summed E-state index contributed by atoms with van der Waals surface area (Å²) in [5, 5.41) is 3.53. The lowest BCUT2D eigenvalue weighted by atomic mass is 9.83. The van der Waals surface area contributed by atoms with Crippen LogP contribution in [0.2, 0.25) is 0 Å². The van der Waals surface area contributed by atoms with Crippen LogP contribution >= 0.6 is 0 Å². The average molecular weight is 222 g/mol. The number of nitrogens with zero attached hydrogens (tertiary/aromatic N) is 1. The minimum absolute atomic E-state index is 0.975. The Hall–Kier alpha value is -0.0800. The highest BCUT2D eigenvalue weighted by Gasteiger charge is 2.36. The summed E-state index contributed by atoms with van der Waals surface area (Å²) in [7, 11) is 0. The van der Waals surface area contributed by atoms with Crippen LogP contribution in [0.4, 0.5) is 0 Å². The predicted molar refractivity (Wildman–Crippen MR) is 67.4 cm³/mol. The largest absolute Gasteiger partial charge is 0.316 e. The van der Waals surface area contributed by atoms with E-state index in [4.69, 9.17) is 0 Å². The van der Waals surface area contributed by atoms with Crippen molar-refractivity contribution in [1.82, 2.24) is 10.2 Å². The molecule has 3 rings (SSSR count). The molecule has 0 aromatic carbocycles. The Bertz CT molecular complexity index is 221. The summed E-state index contributed by atoms with van der Waals surface area (Å²) in [5.41, 5.74) is 0. The van der Waals surface area contributed by atoms with Crippen molar-refractivity contribution in [3.05, 3.63) is 0 Å². The SMILES string of the molecule is CC1CCC(CN2C[C@H]3CNC[C@H]3C2)CC1. The molecule has 0 aromatic heterocycles. The quantitative estimate of drug-likeness (QED) is 0.768. The van der Waals surface area contributed by atoms with Gasteiger partial charge in [-0.1, -0.05) is 19.8 Å². The molecule has 0 bridgehead atoms. The van der Waals surface area contributed by atoms with E-state index in [1.54, 1.807) is 0 Å². The van der Waals surface area contributed by atoms with E-state index < -0.39 is 0 Å². The molecule has 2 heteroatoms. The minimum Gasteiger partial charge on any atom is -0.316 e. The van der Waals surface area contributed by atoms with Gasteiger partial charge in [0.25, 0.3) is 0 Å². The van der Waals surface area contributed by atoms with E-state index >= 15 is 0 Å². The summed E-state index contributed by atoms with van der Waals surface area (Å²) in [6.45, 7) is 9.14. The predicted octanol–water partition coefficient (Wildman–Crippen LogP) is 1.96. The van der Waals surface area contributed by atoms with Crippen molar-refractivity contribution in [2.45, 2.75) is 32.6 Å². The summed E-state index contributed by atoms with van der Waals surface area (Å²) >= 11 is 0. The lowest BCUT2D eigenvalue weighted by molar-refractivity contribution is 0.201. The van der Waals surface area contributed by atoms with Crippen LogP contribution in [0.3, 0.4) is 0 Å². The molecule has 2 nitrogen and oxygen atoms in total. The first-order valence-corrected chi connectivity index (χ1v) is 7.24. The van der Waals surface area contributed by atoms with Gasteiger partial charge in [0.1, 0.15) is 0 Å². The summed E-state index contributed by atoms with van der Waals surface area (Å²) in [6.07, 6.45) is 5.94. The highest BCUT2D eigenvalue weighted by atomic mass is 15.2. The van der Waals surface area contributed by atoms with Gasteiger partial charge < -0.3 is 10.2 Å². The molecule has 2 aliphatic heterocycles. The van der Waals surface area contributed by atoms with Gasteiger partial charge >= 0.3 is 0 Å². The van der Waals surface area contributed by atoms with Crippen LogP contribution in [0.15, 0.2) is 0 Å². The lowest BCUT2D eigenvalue weighted by Gasteiger charge is -2.30. The maximum atomic E-state index is 3.53. The van der Waals surface area contributed by atoms with Gasteiger partial charge in [-0.25, -0.2) is 0 Å². The summed E-state index contributed by atoms with van der Waals surface area (Å²) in [6, 6.07) is 0. The zero-order valence-electron chi connectivity index (χ0n) is 10.6. The number of likely N-dealkylation sites (tertiary alicyclic amines) is 1. The molecular weight excluding hydrogens is 196 g/mol. The molecule has 1 N–H and O–H groups in total. The molecule has 92 valence electrons. The molecule has 0 radical (unpaired) electrons. The molecule has 2 heterocycles. The molecule has 1 aliphatic carbocycles. The Morgan fingerprint density at radius 1 is 1.00 bits per heavy atom. The third-order valence-corrected chi connectivity index (χ3v) is 5.12. The first-order valence-electron chi connectivity index (χ1n) is 7.24. The van der Waals surface area contributed by atoms with E-state index in [2.05, 4.69) is 17.1 Å². The van der Waals surface area contributed by atoms with E-state index in [1.165, 1.54) is 58.4 Å². The van der Waals surface area contributed by atoms with Gasteiger partial charge in [0.2, 0.25) is 0 Å². The Morgan fingerprint density at radius 3 is 2.25 bits per heavy atom. The highest BCUT2D eigenvalue weighted by Crippen LogP contribution is 2.32. The third-order valence-electron chi connectivity index (χ3n) is 5.12. The van der Waals surface area contributed by atoms with Crippen LogP contribution in [0.5, 0.6) is 0 Å². The second kappa shape index (κ2) is 4.66. The highest BCUT2D eigenvalue weighted by molar-refractivity contribution is 4.91. The molecule has 3 aliphatic rings. The summed E-state index contributed by atoms with van der Waals surface area (Å²) in [4.78, 5) is 2.76. The lowest BCUT2D eigenvalue weighted by Crippen LogP contribution is -2.32. The van der Waals surface area contributed by atoms with Crippen LogP contribution in [-0.4, -0.2) is 37.6 Å².